The van der Waals surface area contributed by atoms with Gasteiger partial charge in [0.15, 0.2) is 11.5 Å². The summed E-state index contributed by atoms with van der Waals surface area (Å²) in [7, 11) is 0. The Hall–Kier alpha value is -1.77. The Labute approximate surface area is 118 Å². The smallest absolute Gasteiger partial charge is 0.287 e. The third-order valence-electron chi connectivity index (χ3n) is 3.43. The van der Waals surface area contributed by atoms with Crippen LogP contribution in [0, 0.1) is 4.84 Å². The van der Waals surface area contributed by atoms with Crippen LogP contribution < -0.4 is 0 Å². The summed E-state index contributed by atoms with van der Waals surface area (Å²) < 4.78 is 22.9. The summed E-state index contributed by atoms with van der Waals surface area (Å²) in [5.74, 6) is 0.667. The van der Waals surface area contributed by atoms with Gasteiger partial charge in [0.05, 0.1) is 18.9 Å². The standard InChI is InChI=1S/C12H10N2O5S/c15-7-4-6(9-5-17-11(7)18-9)14-12(20)19-10(13-14)8-2-1-3-16-8/h1-3,6,9,11H,4-5H2/t6-,9+,11+/m1/s1. The van der Waals surface area contributed by atoms with Crippen LogP contribution in [0.1, 0.15) is 12.5 Å². The van der Waals surface area contributed by atoms with E-state index < -0.39 is 6.29 Å². The highest BCUT2D eigenvalue weighted by molar-refractivity contribution is 7.71. The van der Waals surface area contributed by atoms with Crippen LogP contribution in [0.2, 0.25) is 0 Å². The van der Waals surface area contributed by atoms with E-state index in [1.807, 2.05) is 0 Å². The number of hydrogen-bond donors (Lipinski definition) is 0. The molecular weight excluding hydrogens is 284 g/mol. The molecule has 20 heavy (non-hydrogen) atoms. The lowest BCUT2D eigenvalue weighted by atomic mass is 10.0. The molecule has 0 aliphatic carbocycles. The van der Waals surface area contributed by atoms with Crippen molar-refractivity contribution in [3.05, 3.63) is 23.2 Å². The molecule has 104 valence electrons. The molecule has 2 bridgehead atoms. The minimum absolute atomic E-state index is 0.104. The number of aromatic nitrogens is 2. The number of fused-ring (bicyclic) bond motifs is 2. The van der Waals surface area contributed by atoms with E-state index in [4.69, 9.17) is 30.5 Å². The monoisotopic (exact) mass is 294 g/mol. The first-order valence-corrected chi connectivity index (χ1v) is 6.56. The van der Waals surface area contributed by atoms with Gasteiger partial charge in [-0.2, -0.15) is 0 Å². The molecule has 0 unspecified atom stereocenters. The van der Waals surface area contributed by atoms with Crippen molar-refractivity contribution in [3.8, 4) is 11.7 Å². The molecule has 0 amide bonds. The summed E-state index contributed by atoms with van der Waals surface area (Å²) in [6.45, 7) is 0.353. The quantitative estimate of drug-likeness (QED) is 0.780. The summed E-state index contributed by atoms with van der Waals surface area (Å²) in [6, 6.07) is 3.15. The molecule has 0 saturated carbocycles. The van der Waals surface area contributed by atoms with E-state index in [0.717, 1.165) is 0 Å². The highest BCUT2D eigenvalue weighted by atomic mass is 32.1. The Morgan fingerprint density at radius 3 is 3.15 bits per heavy atom. The van der Waals surface area contributed by atoms with Gasteiger partial charge in [0.2, 0.25) is 6.29 Å². The van der Waals surface area contributed by atoms with Crippen molar-refractivity contribution in [2.24, 2.45) is 0 Å². The van der Waals surface area contributed by atoms with Crippen molar-refractivity contribution in [1.82, 2.24) is 9.78 Å². The highest BCUT2D eigenvalue weighted by Crippen LogP contribution is 2.33. The van der Waals surface area contributed by atoms with Crippen LogP contribution in [0.15, 0.2) is 27.2 Å². The third kappa shape index (κ3) is 1.76. The van der Waals surface area contributed by atoms with Crippen molar-refractivity contribution in [1.29, 1.82) is 0 Å². The molecule has 7 nitrogen and oxygen atoms in total. The van der Waals surface area contributed by atoms with E-state index in [9.17, 15) is 4.79 Å². The summed E-state index contributed by atoms with van der Waals surface area (Å²) in [5.41, 5.74) is 0. The number of carbonyl (C=O) groups is 1. The number of ether oxygens (including phenoxy) is 2. The molecule has 3 atom stereocenters. The van der Waals surface area contributed by atoms with Crippen LogP contribution in [-0.4, -0.2) is 34.6 Å². The third-order valence-corrected chi connectivity index (χ3v) is 3.70. The number of carbonyl (C=O) groups excluding carboxylic acids is 1. The van der Waals surface area contributed by atoms with Gasteiger partial charge in [-0.25, -0.2) is 4.68 Å². The normalized spacial score (nSPS) is 29.0. The van der Waals surface area contributed by atoms with E-state index >= 15 is 0 Å². The number of rotatable bonds is 2. The Bertz CT molecular complexity index is 704. The zero-order valence-corrected chi connectivity index (χ0v) is 11.0. The molecule has 4 rings (SSSR count). The van der Waals surface area contributed by atoms with Gasteiger partial charge in [-0.15, -0.1) is 5.10 Å². The number of furan rings is 1. The first kappa shape index (κ1) is 12.0. The fraction of sp³-hybridized carbons (Fsp3) is 0.417. The molecule has 0 N–H and O–H groups in total. The van der Waals surface area contributed by atoms with E-state index in [2.05, 4.69) is 5.10 Å². The SMILES string of the molecule is O=C1C[C@@H](n2nc(-c3ccco3)oc2=S)[C@@H]2CO[C@H]1O2. The molecule has 2 aliphatic heterocycles. The minimum atomic E-state index is -0.734. The fourth-order valence-corrected chi connectivity index (χ4v) is 2.72. The number of Topliss-reactive ketones (excluding diaryl/α,β-unsaturated/α-hetero) is 1. The molecule has 4 heterocycles. The van der Waals surface area contributed by atoms with Gasteiger partial charge in [-0.05, 0) is 24.4 Å². The van der Waals surface area contributed by atoms with Crippen molar-refractivity contribution in [2.45, 2.75) is 24.9 Å². The second kappa shape index (κ2) is 4.37. The average molecular weight is 294 g/mol. The summed E-state index contributed by atoms with van der Waals surface area (Å²) >= 11 is 5.17. The second-order valence-electron chi connectivity index (χ2n) is 4.67. The van der Waals surface area contributed by atoms with Crippen LogP contribution >= 0.6 is 12.2 Å². The van der Waals surface area contributed by atoms with Crippen molar-refractivity contribution in [3.63, 3.8) is 0 Å². The fourth-order valence-electron chi connectivity index (χ4n) is 2.47. The van der Waals surface area contributed by atoms with Crippen LogP contribution in [0.3, 0.4) is 0 Å². The maximum atomic E-state index is 11.8. The first-order valence-electron chi connectivity index (χ1n) is 6.15. The Morgan fingerprint density at radius 2 is 2.35 bits per heavy atom. The average Bonchev–Trinajstić information content (AvgIpc) is 3.15. The number of nitrogens with zero attached hydrogens (tertiary/aromatic N) is 2. The molecule has 0 spiro atoms. The highest BCUT2D eigenvalue weighted by Gasteiger charge is 2.45. The van der Waals surface area contributed by atoms with Gasteiger partial charge in [0.1, 0.15) is 6.10 Å². The van der Waals surface area contributed by atoms with Crippen LogP contribution in [-0.2, 0) is 14.3 Å². The lowest BCUT2D eigenvalue weighted by Crippen LogP contribution is -2.37. The number of ketones is 1. The number of hydrogen-bond acceptors (Lipinski definition) is 7. The second-order valence-corrected chi connectivity index (χ2v) is 5.02. The zero-order chi connectivity index (χ0) is 13.7. The molecule has 0 aromatic carbocycles. The van der Waals surface area contributed by atoms with Gasteiger partial charge in [0.25, 0.3) is 10.7 Å². The van der Waals surface area contributed by atoms with E-state index in [1.165, 1.54) is 10.9 Å². The summed E-state index contributed by atoms with van der Waals surface area (Å²) in [5, 5.41) is 4.29. The van der Waals surface area contributed by atoms with Gasteiger partial charge in [-0.3, -0.25) is 4.79 Å². The predicted molar refractivity (Wildman–Crippen MR) is 66.3 cm³/mol. The van der Waals surface area contributed by atoms with Gasteiger partial charge in [0, 0.05) is 6.42 Å². The van der Waals surface area contributed by atoms with Gasteiger partial charge in [-0.1, -0.05) is 0 Å². The summed E-state index contributed by atoms with van der Waals surface area (Å²) in [4.78, 5) is 12.0. The van der Waals surface area contributed by atoms with E-state index in [0.29, 0.717) is 12.4 Å². The van der Waals surface area contributed by atoms with Crippen molar-refractivity contribution in [2.75, 3.05) is 6.61 Å². The van der Waals surface area contributed by atoms with Crippen molar-refractivity contribution >= 4 is 18.0 Å². The molecule has 8 heteroatoms. The molecule has 2 fully saturated rings. The first-order chi connectivity index (χ1) is 9.72. The van der Waals surface area contributed by atoms with Gasteiger partial charge < -0.3 is 18.3 Å². The van der Waals surface area contributed by atoms with Crippen LogP contribution in [0.4, 0.5) is 0 Å². The minimum Gasteiger partial charge on any atom is -0.459 e. The predicted octanol–water partition coefficient (Wildman–Crippen LogP) is 1.72. The Balaban J connectivity index is 1.72. The van der Waals surface area contributed by atoms with Crippen molar-refractivity contribution < 1.29 is 23.1 Å². The zero-order valence-electron chi connectivity index (χ0n) is 10.2. The maximum Gasteiger partial charge on any atom is 0.287 e. The molecule has 2 saturated heterocycles. The van der Waals surface area contributed by atoms with Crippen LogP contribution in [0.5, 0.6) is 0 Å². The van der Waals surface area contributed by atoms with Crippen LogP contribution in [0.25, 0.3) is 11.7 Å². The Morgan fingerprint density at radius 1 is 1.45 bits per heavy atom. The van der Waals surface area contributed by atoms with Gasteiger partial charge >= 0.3 is 0 Å². The van der Waals surface area contributed by atoms with E-state index in [1.54, 1.807) is 12.1 Å². The topological polar surface area (TPSA) is 79.6 Å². The van der Waals surface area contributed by atoms with E-state index in [-0.39, 0.29) is 35.1 Å². The largest absolute Gasteiger partial charge is 0.459 e. The summed E-state index contributed by atoms with van der Waals surface area (Å²) in [6.07, 6.45) is 0.824. The lowest BCUT2D eigenvalue weighted by molar-refractivity contribution is -0.156. The lowest BCUT2D eigenvalue weighted by Gasteiger charge is -2.25. The maximum absolute atomic E-state index is 11.8. The molecule has 2 aliphatic rings. The molecule has 2 aromatic heterocycles. The molecular formula is C12H10N2O5S. The Kier molecular flexibility index (Phi) is 2.62. The molecule has 0 radical (unpaired) electrons. The molecule has 2 aromatic rings.